The topological polar surface area (TPSA) is 93.0 Å². The number of hydrogen-bond acceptors (Lipinski definition) is 6. The lowest BCUT2D eigenvalue weighted by Gasteiger charge is -2.25. The van der Waals surface area contributed by atoms with Crippen LogP contribution in [0.3, 0.4) is 0 Å². The van der Waals surface area contributed by atoms with Crippen molar-refractivity contribution in [2.75, 3.05) is 17.2 Å². The Kier molecular flexibility index (Phi) is 3.82. The Morgan fingerprint density at radius 3 is 2.74 bits per heavy atom. The smallest absolute Gasteiger partial charge is 0.329 e. The molecule has 0 bridgehead atoms. The van der Waals surface area contributed by atoms with Crippen molar-refractivity contribution >= 4 is 17.5 Å². The second kappa shape index (κ2) is 5.38. The van der Waals surface area contributed by atoms with Crippen LogP contribution in [-0.4, -0.2) is 27.0 Å². The Morgan fingerprint density at radius 1 is 1.47 bits per heavy atom. The van der Waals surface area contributed by atoms with E-state index in [4.69, 9.17) is 0 Å². The van der Waals surface area contributed by atoms with Crippen molar-refractivity contribution < 1.29 is 4.92 Å². The normalized spacial score (nSPS) is 17.2. The SMILES string of the molecule is CCNc1ncc([N+](=O)[O-])c(NC2(C)CCCC2)n1. The van der Waals surface area contributed by atoms with Gasteiger partial charge in [0.2, 0.25) is 11.8 Å². The maximum absolute atomic E-state index is 11.0. The van der Waals surface area contributed by atoms with Gasteiger partial charge in [0.25, 0.3) is 0 Å². The average molecular weight is 265 g/mol. The van der Waals surface area contributed by atoms with Crippen LogP contribution in [-0.2, 0) is 0 Å². The van der Waals surface area contributed by atoms with Crippen LogP contribution in [0.25, 0.3) is 0 Å². The molecule has 7 heteroatoms. The molecular formula is C12H19N5O2. The summed E-state index contributed by atoms with van der Waals surface area (Å²) in [6, 6.07) is 0. The molecule has 104 valence electrons. The number of rotatable bonds is 5. The van der Waals surface area contributed by atoms with Crippen molar-refractivity contribution in [1.82, 2.24) is 9.97 Å². The summed E-state index contributed by atoms with van der Waals surface area (Å²) in [7, 11) is 0. The van der Waals surface area contributed by atoms with Gasteiger partial charge in [0, 0.05) is 12.1 Å². The van der Waals surface area contributed by atoms with Gasteiger partial charge in [-0.2, -0.15) is 4.98 Å². The molecule has 0 amide bonds. The molecule has 2 rings (SSSR count). The fourth-order valence-electron chi connectivity index (χ4n) is 2.41. The van der Waals surface area contributed by atoms with Crippen molar-refractivity contribution in [2.24, 2.45) is 0 Å². The van der Waals surface area contributed by atoms with Gasteiger partial charge in [0.15, 0.2) is 0 Å². The van der Waals surface area contributed by atoms with Crippen LogP contribution in [0.1, 0.15) is 39.5 Å². The number of nitrogens with zero attached hydrogens (tertiary/aromatic N) is 3. The second-order valence-corrected chi connectivity index (χ2v) is 5.11. The van der Waals surface area contributed by atoms with E-state index >= 15 is 0 Å². The van der Waals surface area contributed by atoms with E-state index in [1.165, 1.54) is 6.20 Å². The number of hydrogen-bond donors (Lipinski definition) is 2. The summed E-state index contributed by atoms with van der Waals surface area (Å²) >= 11 is 0. The van der Waals surface area contributed by atoms with Crippen molar-refractivity contribution in [3.63, 3.8) is 0 Å². The maximum Gasteiger partial charge on any atom is 0.329 e. The first-order valence-electron chi connectivity index (χ1n) is 6.57. The van der Waals surface area contributed by atoms with Gasteiger partial charge in [-0.05, 0) is 26.7 Å². The Balaban J connectivity index is 2.29. The van der Waals surface area contributed by atoms with Gasteiger partial charge in [-0.25, -0.2) is 4.98 Å². The number of anilines is 2. The van der Waals surface area contributed by atoms with E-state index in [0.717, 1.165) is 25.7 Å². The van der Waals surface area contributed by atoms with Crippen molar-refractivity contribution in [1.29, 1.82) is 0 Å². The van der Waals surface area contributed by atoms with Gasteiger partial charge < -0.3 is 10.6 Å². The van der Waals surface area contributed by atoms with Gasteiger partial charge >= 0.3 is 5.69 Å². The lowest BCUT2D eigenvalue weighted by molar-refractivity contribution is -0.384. The average Bonchev–Trinajstić information content (AvgIpc) is 2.76. The lowest BCUT2D eigenvalue weighted by atomic mass is 10.0. The zero-order valence-electron chi connectivity index (χ0n) is 11.3. The molecule has 1 aliphatic rings. The predicted octanol–water partition coefficient (Wildman–Crippen LogP) is 2.56. The molecule has 0 aromatic carbocycles. The molecule has 1 saturated carbocycles. The standard InChI is InChI=1S/C12H19N5O2/c1-3-13-11-14-8-9(17(18)19)10(15-11)16-12(2)6-4-5-7-12/h8H,3-7H2,1-2H3,(H2,13,14,15,16). The van der Waals surface area contributed by atoms with Crippen LogP contribution in [0, 0.1) is 10.1 Å². The summed E-state index contributed by atoms with van der Waals surface area (Å²) in [5, 5.41) is 17.2. The van der Waals surface area contributed by atoms with E-state index < -0.39 is 4.92 Å². The molecule has 0 atom stereocenters. The Morgan fingerprint density at radius 2 is 2.16 bits per heavy atom. The Bertz CT molecular complexity index is 471. The molecule has 0 radical (unpaired) electrons. The van der Waals surface area contributed by atoms with Crippen LogP contribution in [0.5, 0.6) is 0 Å². The molecule has 0 spiro atoms. The fraction of sp³-hybridized carbons (Fsp3) is 0.667. The van der Waals surface area contributed by atoms with Gasteiger partial charge in [0.1, 0.15) is 6.20 Å². The largest absolute Gasteiger partial charge is 0.359 e. The first-order chi connectivity index (χ1) is 9.04. The molecule has 0 unspecified atom stereocenters. The monoisotopic (exact) mass is 265 g/mol. The van der Waals surface area contributed by atoms with Crippen LogP contribution in [0.2, 0.25) is 0 Å². The first-order valence-corrected chi connectivity index (χ1v) is 6.57. The summed E-state index contributed by atoms with van der Waals surface area (Å²) in [5.41, 5.74) is -0.183. The van der Waals surface area contributed by atoms with Gasteiger partial charge in [-0.1, -0.05) is 12.8 Å². The molecular weight excluding hydrogens is 246 g/mol. The highest BCUT2D eigenvalue weighted by atomic mass is 16.6. The van der Waals surface area contributed by atoms with E-state index in [9.17, 15) is 10.1 Å². The van der Waals surface area contributed by atoms with E-state index in [0.29, 0.717) is 18.3 Å². The summed E-state index contributed by atoms with van der Waals surface area (Å²) < 4.78 is 0. The highest BCUT2D eigenvalue weighted by Gasteiger charge is 2.31. The Labute approximate surface area is 112 Å². The number of aromatic nitrogens is 2. The van der Waals surface area contributed by atoms with E-state index in [2.05, 4.69) is 27.5 Å². The summed E-state index contributed by atoms with van der Waals surface area (Å²) in [6.07, 6.45) is 5.55. The maximum atomic E-state index is 11.0. The third kappa shape index (κ3) is 3.10. The minimum atomic E-state index is -0.448. The molecule has 19 heavy (non-hydrogen) atoms. The van der Waals surface area contributed by atoms with Gasteiger partial charge in [0.05, 0.1) is 4.92 Å². The third-order valence-electron chi connectivity index (χ3n) is 3.43. The molecule has 1 fully saturated rings. The second-order valence-electron chi connectivity index (χ2n) is 5.11. The minimum Gasteiger partial charge on any atom is -0.359 e. The lowest BCUT2D eigenvalue weighted by Crippen LogP contribution is -2.31. The molecule has 7 nitrogen and oxygen atoms in total. The van der Waals surface area contributed by atoms with Gasteiger partial charge in [-0.3, -0.25) is 10.1 Å². The summed E-state index contributed by atoms with van der Waals surface area (Å²) in [5.74, 6) is 0.720. The molecule has 1 aliphatic carbocycles. The van der Waals surface area contributed by atoms with Gasteiger partial charge in [-0.15, -0.1) is 0 Å². The van der Waals surface area contributed by atoms with E-state index in [-0.39, 0.29) is 11.2 Å². The quantitative estimate of drug-likeness (QED) is 0.627. The van der Waals surface area contributed by atoms with Crippen LogP contribution < -0.4 is 10.6 Å². The number of nitrogens with one attached hydrogen (secondary N) is 2. The highest BCUT2D eigenvalue weighted by Crippen LogP contribution is 2.34. The molecule has 1 heterocycles. The Hall–Kier alpha value is -1.92. The predicted molar refractivity (Wildman–Crippen MR) is 73.3 cm³/mol. The van der Waals surface area contributed by atoms with Crippen LogP contribution in [0.4, 0.5) is 17.5 Å². The molecule has 0 aliphatic heterocycles. The van der Waals surface area contributed by atoms with Crippen LogP contribution in [0.15, 0.2) is 6.20 Å². The van der Waals surface area contributed by atoms with Crippen LogP contribution >= 0.6 is 0 Å². The first kappa shape index (κ1) is 13.5. The zero-order chi connectivity index (χ0) is 13.9. The van der Waals surface area contributed by atoms with Crippen molar-refractivity contribution in [3.05, 3.63) is 16.3 Å². The molecule has 1 aromatic heterocycles. The van der Waals surface area contributed by atoms with Crippen molar-refractivity contribution in [2.45, 2.75) is 45.1 Å². The molecule has 2 N–H and O–H groups in total. The zero-order valence-corrected chi connectivity index (χ0v) is 11.3. The highest BCUT2D eigenvalue weighted by molar-refractivity contribution is 5.58. The molecule has 0 saturated heterocycles. The fourth-order valence-corrected chi connectivity index (χ4v) is 2.41. The summed E-state index contributed by atoms with van der Waals surface area (Å²) in [6.45, 7) is 4.68. The minimum absolute atomic E-state index is 0.0743. The van der Waals surface area contributed by atoms with E-state index in [1.54, 1.807) is 0 Å². The van der Waals surface area contributed by atoms with Crippen molar-refractivity contribution in [3.8, 4) is 0 Å². The summed E-state index contributed by atoms with van der Waals surface area (Å²) in [4.78, 5) is 18.7. The number of nitro groups is 1. The van der Waals surface area contributed by atoms with E-state index in [1.807, 2.05) is 6.92 Å². The molecule has 1 aromatic rings. The third-order valence-corrected chi connectivity index (χ3v) is 3.43.